The van der Waals surface area contributed by atoms with Gasteiger partial charge in [-0.2, -0.15) is 0 Å². The molecule has 0 unspecified atom stereocenters. The first-order valence-electron chi connectivity index (χ1n) is 9.57. The van der Waals surface area contributed by atoms with Crippen LogP contribution in [-0.2, 0) is 4.79 Å². The van der Waals surface area contributed by atoms with Gasteiger partial charge in [0, 0.05) is 32.2 Å². The van der Waals surface area contributed by atoms with Crippen LogP contribution in [0.15, 0.2) is 78.2 Å². The molecular formula is C24H18Cl2N2O2S. The summed E-state index contributed by atoms with van der Waals surface area (Å²) in [5.74, 6) is 0.572. The van der Waals surface area contributed by atoms with E-state index in [4.69, 9.17) is 32.9 Å². The van der Waals surface area contributed by atoms with Gasteiger partial charge in [0.05, 0.1) is 18.7 Å². The van der Waals surface area contributed by atoms with E-state index in [9.17, 15) is 4.79 Å². The highest BCUT2D eigenvalue weighted by molar-refractivity contribution is 7.13. The minimum Gasteiger partial charge on any atom is -0.493 e. The Bertz CT molecular complexity index is 1160. The molecule has 1 amide bonds. The number of nitrogens with zero attached hydrogens (tertiary/aromatic N) is 1. The molecule has 0 aliphatic heterocycles. The lowest BCUT2D eigenvalue weighted by atomic mass is 10.1. The van der Waals surface area contributed by atoms with Crippen LogP contribution in [0, 0.1) is 0 Å². The van der Waals surface area contributed by atoms with Gasteiger partial charge in [-0.3, -0.25) is 4.79 Å². The van der Waals surface area contributed by atoms with Crippen LogP contribution in [0.25, 0.3) is 21.8 Å². The number of halogens is 2. The highest BCUT2D eigenvalue weighted by Gasteiger charge is 2.08. The molecule has 0 fully saturated rings. The monoisotopic (exact) mass is 468 g/mol. The Morgan fingerprint density at radius 2 is 1.48 bits per heavy atom. The van der Waals surface area contributed by atoms with Crippen LogP contribution in [0.1, 0.15) is 6.42 Å². The van der Waals surface area contributed by atoms with Crippen molar-refractivity contribution in [1.82, 2.24) is 4.98 Å². The molecule has 0 aliphatic carbocycles. The molecule has 1 N–H and O–H groups in total. The molecule has 0 spiro atoms. The zero-order valence-corrected chi connectivity index (χ0v) is 18.7. The van der Waals surface area contributed by atoms with Gasteiger partial charge in [-0.05, 0) is 48.5 Å². The molecule has 0 aliphatic rings. The number of thiazole rings is 1. The summed E-state index contributed by atoms with van der Waals surface area (Å²) in [7, 11) is 0. The number of hydrogen-bond acceptors (Lipinski definition) is 4. The molecule has 4 rings (SSSR count). The third-order valence-electron chi connectivity index (χ3n) is 4.47. The minimum atomic E-state index is -0.111. The van der Waals surface area contributed by atoms with Crippen LogP contribution in [0.5, 0.6) is 5.75 Å². The maximum atomic E-state index is 12.2. The Hall–Kier alpha value is -2.86. The predicted molar refractivity (Wildman–Crippen MR) is 128 cm³/mol. The van der Waals surface area contributed by atoms with Gasteiger partial charge in [0.2, 0.25) is 5.91 Å². The van der Waals surface area contributed by atoms with Crippen molar-refractivity contribution in [2.24, 2.45) is 0 Å². The number of aromatic nitrogens is 1. The molecule has 156 valence electrons. The van der Waals surface area contributed by atoms with Crippen molar-refractivity contribution in [2.75, 3.05) is 11.9 Å². The number of nitrogens with one attached hydrogen (secondary N) is 1. The van der Waals surface area contributed by atoms with Crippen molar-refractivity contribution < 1.29 is 9.53 Å². The number of hydrogen-bond donors (Lipinski definition) is 1. The fourth-order valence-electron chi connectivity index (χ4n) is 2.87. The Morgan fingerprint density at radius 1 is 0.871 bits per heavy atom. The molecular weight excluding hydrogens is 451 g/mol. The number of carbonyl (C=O) groups is 1. The van der Waals surface area contributed by atoms with Crippen LogP contribution in [0.3, 0.4) is 0 Å². The quantitative estimate of drug-likeness (QED) is 0.312. The molecule has 1 aromatic heterocycles. The van der Waals surface area contributed by atoms with Crippen LogP contribution >= 0.6 is 34.5 Å². The summed E-state index contributed by atoms with van der Waals surface area (Å²) in [4.78, 5) is 16.9. The van der Waals surface area contributed by atoms with E-state index >= 15 is 0 Å². The first-order valence-corrected chi connectivity index (χ1v) is 11.2. The van der Waals surface area contributed by atoms with E-state index in [2.05, 4.69) is 5.32 Å². The third kappa shape index (κ3) is 5.85. The third-order valence-corrected chi connectivity index (χ3v) is 5.87. The molecule has 0 saturated carbocycles. The van der Waals surface area contributed by atoms with E-state index in [-0.39, 0.29) is 18.9 Å². The number of anilines is 1. The summed E-state index contributed by atoms with van der Waals surface area (Å²) in [6.45, 7) is 0.290. The van der Waals surface area contributed by atoms with E-state index in [0.717, 1.165) is 27.5 Å². The summed E-state index contributed by atoms with van der Waals surface area (Å²) < 4.78 is 5.56. The highest BCUT2D eigenvalue weighted by Crippen LogP contribution is 2.30. The SMILES string of the molecule is O=C(CCOc1ccc(Cl)cc1)Nc1ccc(-c2csc(-c3ccc(Cl)cc3)n2)cc1. The maximum absolute atomic E-state index is 12.2. The molecule has 0 saturated heterocycles. The normalized spacial score (nSPS) is 10.6. The highest BCUT2D eigenvalue weighted by atomic mass is 35.5. The van der Waals surface area contributed by atoms with E-state index in [1.54, 1.807) is 35.6 Å². The van der Waals surface area contributed by atoms with Gasteiger partial charge in [-0.25, -0.2) is 4.98 Å². The first kappa shape index (κ1) is 21.4. The summed E-state index contributed by atoms with van der Waals surface area (Å²) in [5.41, 5.74) is 3.64. The lowest BCUT2D eigenvalue weighted by molar-refractivity contribution is -0.116. The number of carbonyl (C=O) groups excluding carboxylic acids is 1. The second-order valence-corrected chi connectivity index (χ2v) is 8.45. The van der Waals surface area contributed by atoms with Crippen LogP contribution in [0.4, 0.5) is 5.69 Å². The van der Waals surface area contributed by atoms with Crippen LogP contribution < -0.4 is 10.1 Å². The maximum Gasteiger partial charge on any atom is 0.227 e. The number of rotatable bonds is 7. The van der Waals surface area contributed by atoms with Gasteiger partial charge in [0.1, 0.15) is 10.8 Å². The molecule has 3 aromatic carbocycles. The van der Waals surface area contributed by atoms with Gasteiger partial charge < -0.3 is 10.1 Å². The van der Waals surface area contributed by atoms with Crippen molar-refractivity contribution in [3.05, 3.63) is 88.2 Å². The number of ether oxygens (including phenoxy) is 1. The molecule has 0 radical (unpaired) electrons. The average Bonchev–Trinajstić information content (AvgIpc) is 3.26. The fraction of sp³-hybridized carbons (Fsp3) is 0.0833. The predicted octanol–water partition coefficient (Wildman–Crippen LogP) is 7.19. The summed E-state index contributed by atoms with van der Waals surface area (Å²) >= 11 is 13.4. The number of amides is 1. The second-order valence-electron chi connectivity index (χ2n) is 6.72. The van der Waals surface area contributed by atoms with Gasteiger partial charge in [0.25, 0.3) is 0 Å². The Labute approximate surface area is 194 Å². The molecule has 4 aromatic rings. The standard InChI is InChI=1S/C24H18Cl2N2O2S/c25-18-5-1-17(2-6-18)24-28-22(15-31-24)16-3-9-20(10-4-16)27-23(29)13-14-30-21-11-7-19(26)8-12-21/h1-12,15H,13-14H2,(H,27,29). The molecule has 0 atom stereocenters. The van der Waals surface area contributed by atoms with Crippen molar-refractivity contribution in [1.29, 1.82) is 0 Å². The zero-order valence-electron chi connectivity index (χ0n) is 16.3. The van der Waals surface area contributed by atoms with Crippen molar-refractivity contribution >= 4 is 46.1 Å². The Kier molecular flexibility index (Phi) is 6.87. The molecule has 0 bridgehead atoms. The summed E-state index contributed by atoms with van der Waals surface area (Å²) in [6, 6.07) is 22.3. The summed E-state index contributed by atoms with van der Waals surface area (Å²) in [6.07, 6.45) is 0.251. The van der Waals surface area contributed by atoms with Crippen molar-refractivity contribution in [2.45, 2.75) is 6.42 Å². The lowest BCUT2D eigenvalue weighted by Crippen LogP contribution is -2.15. The zero-order chi connectivity index (χ0) is 21.6. The Morgan fingerprint density at radius 3 is 2.16 bits per heavy atom. The van der Waals surface area contributed by atoms with E-state index < -0.39 is 0 Å². The van der Waals surface area contributed by atoms with Gasteiger partial charge in [-0.1, -0.05) is 47.5 Å². The first-order chi connectivity index (χ1) is 15.1. The van der Waals surface area contributed by atoms with Gasteiger partial charge in [0.15, 0.2) is 0 Å². The topological polar surface area (TPSA) is 51.2 Å². The molecule has 31 heavy (non-hydrogen) atoms. The van der Waals surface area contributed by atoms with E-state index in [1.807, 2.05) is 53.9 Å². The number of benzene rings is 3. The summed E-state index contributed by atoms with van der Waals surface area (Å²) in [5, 5.41) is 7.19. The van der Waals surface area contributed by atoms with Crippen LogP contribution in [0.2, 0.25) is 10.0 Å². The smallest absolute Gasteiger partial charge is 0.227 e. The van der Waals surface area contributed by atoms with Crippen molar-refractivity contribution in [3.63, 3.8) is 0 Å². The molecule has 7 heteroatoms. The molecule has 4 nitrogen and oxygen atoms in total. The Balaban J connectivity index is 1.31. The van der Waals surface area contributed by atoms with E-state index in [0.29, 0.717) is 15.8 Å². The lowest BCUT2D eigenvalue weighted by Gasteiger charge is -2.08. The van der Waals surface area contributed by atoms with E-state index in [1.165, 1.54) is 0 Å². The van der Waals surface area contributed by atoms with Gasteiger partial charge in [-0.15, -0.1) is 11.3 Å². The fourth-order valence-corrected chi connectivity index (χ4v) is 3.96. The molecule has 1 heterocycles. The second kappa shape index (κ2) is 9.96. The van der Waals surface area contributed by atoms with Crippen molar-refractivity contribution in [3.8, 4) is 27.6 Å². The largest absolute Gasteiger partial charge is 0.493 e. The van der Waals surface area contributed by atoms with Crippen LogP contribution in [-0.4, -0.2) is 17.5 Å². The average molecular weight is 469 g/mol. The minimum absolute atomic E-state index is 0.111. The van der Waals surface area contributed by atoms with Gasteiger partial charge >= 0.3 is 0 Å².